The lowest BCUT2D eigenvalue weighted by Crippen LogP contribution is -2.24. The first kappa shape index (κ1) is 18.0. The monoisotopic (exact) mass is 371 g/mol. The van der Waals surface area contributed by atoms with Gasteiger partial charge in [0.25, 0.3) is 0 Å². The number of ether oxygens (including phenoxy) is 1. The highest BCUT2D eigenvalue weighted by atomic mass is 32.2. The number of rotatable bonds is 5. The number of nitrogens with zero attached hydrogens (tertiary/aromatic N) is 1. The average Bonchev–Trinajstić information content (AvgIpc) is 3.23. The number of amides is 1. The van der Waals surface area contributed by atoms with Crippen LogP contribution in [-0.4, -0.2) is 35.4 Å². The van der Waals surface area contributed by atoms with Crippen LogP contribution in [-0.2, 0) is 16.1 Å². The lowest BCUT2D eigenvalue weighted by Gasteiger charge is -2.15. The van der Waals surface area contributed by atoms with Crippen molar-refractivity contribution in [3.05, 3.63) is 70.2 Å². The van der Waals surface area contributed by atoms with Gasteiger partial charge in [-0.05, 0) is 24.6 Å². The number of hydrogen-bond donors (Lipinski definition) is 0. The van der Waals surface area contributed by atoms with Crippen LogP contribution in [0.15, 0.2) is 51.9 Å². The number of carbonyl (C=O) groups is 3. The van der Waals surface area contributed by atoms with Gasteiger partial charge in [0.2, 0.25) is 11.7 Å². The van der Waals surface area contributed by atoms with Crippen LogP contribution in [0, 0.1) is 6.92 Å². The summed E-state index contributed by atoms with van der Waals surface area (Å²) in [6.45, 7) is 2.02. The SMILES string of the molecule is COC(=O)c1ccc(CN2C(=O)CS/C2=C\C(=O)c2ccccc2C)o1. The minimum absolute atomic E-state index is 0.0725. The number of furan rings is 1. The summed E-state index contributed by atoms with van der Waals surface area (Å²) >= 11 is 1.31. The van der Waals surface area contributed by atoms with Crippen molar-refractivity contribution in [2.45, 2.75) is 13.5 Å². The summed E-state index contributed by atoms with van der Waals surface area (Å²) < 4.78 is 10.0. The number of benzene rings is 1. The van der Waals surface area contributed by atoms with Crippen LogP contribution in [0.3, 0.4) is 0 Å². The first-order valence-electron chi connectivity index (χ1n) is 7.91. The molecule has 0 N–H and O–H groups in total. The van der Waals surface area contributed by atoms with Crippen LogP contribution in [0.4, 0.5) is 0 Å². The molecule has 26 heavy (non-hydrogen) atoms. The Balaban J connectivity index is 1.80. The van der Waals surface area contributed by atoms with Crippen LogP contribution >= 0.6 is 11.8 Å². The molecule has 3 rings (SSSR count). The quantitative estimate of drug-likeness (QED) is 0.456. The fraction of sp³-hybridized carbons (Fsp3) is 0.211. The topological polar surface area (TPSA) is 76.8 Å². The third-order valence-corrected chi connectivity index (χ3v) is 4.96. The molecule has 1 saturated heterocycles. The molecule has 1 aliphatic heterocycles. The van der Waals surface area contributed by atoms with Gasteiger partial charge in [-0.15, -0.1) is 0 Å². The third kappa shape index (κ3) is 3.72. The molecule has 0 atom stereocenters. The molecule has 0 aliphatic carbocycles. The van der Waals surface area contributed by atoms with Gasteiger partial charge in [-0.3, -0.25) is 14.5 Å². The zero-order chi connectivity index (χ0) is 18.7. The molecule has 7 heteroatoms. The summed E-state index contributed by atoms with van der Waals surface area (Å²) in [5.74, 6) is -0.0743. The highest BCUT2D eigenvalue weighted by Crippen LogP contribution is 2.31. The predicted molar refractivity (Wildman–Crippen MR) is 96.6 cm³/mol. The Kier molecular flexibility index (Phi) is 5.27. The van der Waals surface area contributed by atoms with Crippen molar-refractivity contribution in [3.63, 3.8) is 0 Å². The normalized spacial score (nSPS) is 15.5. The molecular formula is C19H17NO5S. The van der Waals surface area contributed by atoms with E-state index in [9.17, 15) is 14.4 Å². The first-order valence-corrected chi connectivity index (χ1v) is 8.90. The zero-order valence-electron chi connectivity index (χ0n) is 14.4. The molecule has 1 aliphatic rings. The molecule has 134 valence electrons. The lowest BCUT2D eigenvalue weighted by molar-refractivity contribution is -0.126. The van der Waals surface area contributed by atoms with Crippen molar-refractivity contribution in [2.75, 3.05) is 12.9 Å². The van der Waals surface area contributed by atoms with Gasteiger partial charge in [-0.2, -0.15) is 0 Å². The number of allylic oxidation sites excluding steroid dienone is 1. The number of thioether (sulfide) groups is 1. The fourth-order valence-electron chi connectivity index (χ4n) is 2.57. The van der Waals surface area contributed by atoms with Crippen molar-refractivity contribution in [1.82, 2.24) is 4.90 Å². The van der Waals surface area contributed by atoms with Crippen molar-refractivity contribution in [1.29, 1.82) is 0 Å². The van der Waals surface area contributed by atoms with Crippen LogP contribution in [0.1, 0.15) is 32.2 Å². The van der Waals surface area contributed by atoms with E-state index in [0.717, 1.165) is 5.56 Å². The third-order valence-electron chi connectivity index (χ3n) is 3.94. The predicted octanol–water partition coefficient (Wildman–Crippen LogP) is 3.17. The Hall–Kier alpha value is -2.80. The molecule has 1 fully saturated rings. The number of carbonyl (C=O) groups excluding carboxylic acids is 3. The van der Waals surface area contributed by atoms with E-state index in [1.165, 1.54) is 35.9 Å². The summed E-state index contributed by atoms with van der Waals surface area (Å²) in [6.07, 6.45) is 1.47. The largest absolute Gasteiger partial charge is 0.463 e. The Morgan fingerprint density at radius 2 is 2.04 bits per heavy atom. The fourth-order valence-corrected chi connectivity index (χ4v) is 3.51. The first-order chi connectivity index (χ1) is 12.5. The van der Waals surface area contributed by atoms with Gasteiger partial charge in [-0.25, -0.2) is 4.79 Å². The zero-order valence-corrected chi connectivity index (χ0v) is 15.2. The molecular weight excluding hydrogens is 354 g/mol. The Morgan fingerprint density at radius 1 is 1.27 bits per heavy atom. The van der Waals surface area contributed by atoms with Crippen molar-refractivity contribution in [3.8, 4) is 0 Å². The van der Waals surface area contributed by atoms with E-state index >= 15 is 0 Å². The highest BCUT2D eigenvalue weighted by Gasteiger charge is 2.28. The summed E-state index contributed by atoms with van der Waals surface area (Å²) in [5, 5.41) is 0.569. The number of esters is 1. The van der Waals surface area contributed by atoms with Gasteiger partial charge in [-0.1, -0.05) is 36.0 Å². The van der Waals surface area contributed by atoms with Gasteiger partial charge in [0.05, 0.1) is 24.4 Å². The number of aryl methyl sites for hydroxylation is 1. The van der Waals surface area contributed by atoms with E-state index in [1.807, 2.05) is 19.1 Å². The second-order valence-corrected chi connectivity index (χ2v) is 6.68. The Labute approximate surface area is 154 Å². The van der Waals surface area contributed by atoms with Crippen LogP contribution < -0.4 is 0 Å². The minimum Gasteiger partial charge on any atom is -0.463 e. The molecule has 1 aromatic carbocycles. The smallest absolute Gasteiger partial charge is 0.373 e. The van der Waals surface area contributed by atoms with Crippen molar-refractivity contribution >= 4 is 29.4 Å². The van der Waals surface area contributed by atoms with E-state index in [-0.39, 0.29) is 29.7 Å². The molecule has 0 spiro atoms. The van der Waals surface area contributed by atoms with Gasteiger partial charge >= 0.3 is 5.97 Å². The standard InChI is InChI=1S/C19H17NO5S/c1-12-5-3-4-6-14(12)15(21)9-18-20(17(22)11-26-18)10-13-7-8-16(25-13)19(23)24-2/h3-9H,10-11H2,1-2H3/b18-9-. The maximum Gasteiger partial charge on any atom is 0.373 e. The minimum atomic E-state index is -0.580. The summed E-state index contributed by atoms with van der Waals surface area (Å²) in [5.41, 5.74) is 1.48. The maximum absolute atomic E-state index is 12.5. The molecule has 1 aromatic heterocycles. The highest BCUT2D eigenvalue weighted by molar-refractivity contribution is 8.04. The van der Waals surface area contributed by atoms with Crippen LogP contribution in [0.5, 0.6) is 0 Å². The van der Waals surface area contributed by atoms with Gasteiger partial charge < -0.3 is 9.15 Å². The average molecular weight is 371 g/mol. The number of ketones is 1. The summed E-state index contributed by atoms with van der Waals surface area (Å²) in [6, 6.07) is 10.4. The van der Waals surface area contributed by atoms with Crippen molar-refractivity contribution in [2.24, 2.45) is 0 Å². The molecule has 0 unspecified atom stereocenters. The second kappa shape index (κ2) is 7.61. The summed E-state index contributed by atoms with van der Waals surface area (Å²) in [4.78, 5) is 37.7. The molecule has 0 saturated carbocycles. The number of hydrogen-bond acceptors (Lipinski definition) is 6. The maximum atomic E-state index is 12.5. The van der Waals surface area contributed by atoms with Gasteiger partial charge in [0, 0.05) is 11.6 Å². The summed E-state index contributed by atoms with van der Waals surface area (Å²) in [7, 11) is 1.27. The van der Waals surface area contributed by atoms with E-state index in [2.05, 4.69) is 4.74 Å². The van der Waals surface area contributed by atoms with E-state index in [0.29, 0.717) is 16.4 Å². The van der Waals surface area contributed by atoms with E-state index in [1.54, 1.807) is 18.2 Å². The molecule has 2 heterocycles. The molecule has 0 bridgehead atoms. The Morgan fingerprint density at radius 3 is 2.77 bits per heavy atom. The van der Waals surface area contributed by atoms with Gasteiger partial charge in [0.15, 0.2) is 5.78 Å². The van der Waals surface area contributed by atoms with Crippen LogP contribution in [0.25, 0.3) is 0 Å². The second-order valence-electron chi connectivity index (χ2n) is 5.69. The molecule has 1 amide bonds. The van der Waals surface area contributed by atoms with E-state index in [4.69, 9.17) is 4.42 Å². The molecule has 2 aromatic rings. The Bertz CT molecular complexity index is 899. The van der Waals surface area contributed by atoms with E-state index < -0.39 is 5.97 Å². The number of methoxy groups -OCH3 is 1. The van der Waals surface area contributed by atoms with Gasteiger partial charge in [0.1, 0.15) is 5.76 Å². The van der Waals surface area contributed by atoms with Crippen LogP contribution in [0.2, 0.25) is 0 Å². The van der Waals surface area contributed by atoms with Crippen molar-refractivity contribution < 1.29 is 23.5 Å². The lowest BCUT2D eigenvalue weighted by atomic mass is 10.1. The molecule has 6 nitrogen and oxygen atoms in total. The molecule has 0 radical (unpaired) electrons.